The highest BCUT2D eigenvalue weighted by Gasteiger charge is 2.24. The molecule has 1 aromatic heterocycles. The minimum Gasteiger partial charge on any atom is -0.341 e. The van der Waals surface area contributed by atoms with Gasteiger partial charge in [0.15, 0.2) is 4.77 Å². The highest BCUT2D eigenvalue weighted by atomic mass is 32.1. The second-order valence-electron chi connectivity index (χ2n) is 6.09. The molecule has 0 saturated heterocycles. The molecule has 1 unspecified atom stereocenters. The smallest absolute Gasteiger partial charge is 0.225 e. The Hall–Kier alpha value is -0.840. The molecule has 108 valence electrons. The first-order valence-corrected chi connectivity index (χ1v) is 7.83. The fourth-order valence-corrected chi connectivity index (χ4v) is 3.12. The van der Waals surface area contributed by atoms with Gasteiger partial charge in [0.1, 0.15) is 0 Å². The van der Waals surface area contributed by atoms with Gasteiger partial charge in [-0.3, -0.25) is 4.57 Å². The van der Waals surface area contributed by atoms with Gasteiger partial charge in [0.05, 0.1) is 0 Å². The van der Waals surface area contributed by atoms with Crippen molar-refractivity contribution in [2.24, 2.45) is 5.92 Å². The van der Waals surface area contributed by atoms with Crippen LogP contribution >= 0.6 is 12.2 Å². The summed E-state index contributed by atoms with van der Waals surface area (Å²) in [6, 6.07) is 0.976. The fraction of sp³-hybridized carbons (Fsp3) is 0.857. The lowest BCUT2D eigenvalue weighted by molar-refractivity contribution is 0.347. The predicted molar refractivity (Wildman–Crippen MR) is 82.2 cm³/mol. The summed E-state index contributed by atoms with van der Waals surface area (Å²) >= 11 is 5.44. The molecule has 0 aromatic carbocycles. The van der Waals surface area contributed by atoms with Gasteiger partial charge in [0, 0.05) is 19.1 Å². The topological polar surface area (TPSA) is 36.9 Å². The summed E-state index contributed by atoms with van der Waals surface area (Å²) in [6.45, 7) is 6.73. The molecular weight excluding hydrogens is 256 g/mol. The number of rotatable bonds is 4. The Balaban J connectivity index is 2.28. The molecule has 5 heteroatoms. The molecule has 0 spiro atoms. The van der Waals surface area contributed by atoms with Crippen molar-refractivity contribution in [1.82, 2.24) is 14.8 Å². The molecule has 1 saturated carbocycles. The number of hydrogen-bond donors (Lipinski definition) is 1. The second kappa shape index (κ2) is 6.07. The lowest BCUT2D eigenvalue weighted by atomic mass is 9.95. The molecular formula is C14H26N4S. The number of anilines is 1. The first-order chi connectivity index (χ1) is 9.02. The highest BCUT2D eigenvalue weighted by molar-refractivity contribution is 7.71. The van der Waals surface area contributed by atoms with Crippen LogP contribution in [0.1, 0.15) is 58.9 Å². The number of hydrogen-bond acceptors (Lipinski definition) is 3. The van der Waals surface area contributed by atoms with Crippen LogP contribution in [-0.2, 0) is 0 Å². The Morgan fingerprint density at radius 1 is 1.26 bits per heavy atom. The molecule has 1 heterocycles. The summed E-state index contributed by atoms with van der Waals surface area (Å²) in [5.74, 6) is 1.59. The van der Waals surface area contributed by atoms with E-state index >= 15 is 0 Å². The van der Waals surface area contributed by atoms with E-state index in [1.807, 2.05) is 0 Å². The average molecular weight is 282 g/mol. The van der Waals surface area contributed by atoms with Crippen molar-refractivity contribution in [2.45, 2.75) is 65.0 Å². The Morgan fingerprint density at radius 2 is 1.89 bits per heavy atom. The Bertz CT molecular complexity index is 456. The third-order valence-electron chi connectivity index (χ3n) is 4.52. The maximum atomic E-state index is 5.44. The van der Waals surface area contributed by atoms with E-state index in [-0.39, 0.29) is 0 Å². The lowest BCUT2D eigenvalue weighted by Crippen LogP contribution is -2.35. The predicted octanol–water partition coefficient (Wildman–Crippen LogP) is 3.93. The van der Waals surface area contributed by atoms with Crippen LogP contribution in [0.5, 0.6) is 0 Å². The summed E-state index contributed by atoms with van der Waals surface area (Å²) in [4.78, 5) is 2.26. The first kappa shape index (κ1) is 14.6. The van der Waals surface area contributed by atoms with Crippen molar-refractivity contribution >= 4 is 18.2 Å². The summed E-state index contributed by atoms with van der Waals surface area (Å²) in [5, 5.41) is 7.45. The first-order valence-electron chi connectivity index (χ1n) is 7.42. The van der Waals surface area contributed by atoms with Gasteiger partial charge in [-0.25, -0.2) is 5.10 Å². The zero-order valence-corrected chi connectivity index (χ0v) is 13.3. The third kappa shape index (κ3) is 3.02. The molecule has 1 atom stereocenters. The van der Waals surface area contributed by atoms with E-state index < -0.39 is 0 Å². The van der Waals surface area contributed by atoms with Gasteiger partial charge in [0.25, 0.3) is 0 Å². The number of nitrogens with one attached hydrogen (secondary N) is 1. The molecule has 19 heavy (non-hydrogen) atoms. The number of nitrogens with zero attached hydrogens (tertiary/aromatic N) is 3. The highest BCUT2D eigenvalue weighted by Crippen LogP contribution is 2.31. The molecule has 0 radical (unpaired) electrons. The van der Waals surface area contributed by atoms with E-state index in [2.05, 4.69) is 47.5 Å². The van der Waals surface area contributed by atoms with Crippen LogP contribution in [0, 0.1) is 10.7 Å². The monoisotopic (exact) mass is 282 g/mol. The maximum Gasteiger partial charge on any atom is 0.225 e. The summed E-state index contributed by atoms with van der Waals surface area (Å²) in [6.07, 6.45) is 6.42. The molecule has 1 aliphatic rings. The molecule has 1 aliphatic carbocycles. The van der Waals surface area contributed by atoms with E-state index in [1.165, 1.54) is 32.1 Å². The number of aromatic nitrogens is 3. The Labute approximate surface area is 121 Å². The van der Waals surface area contributed by atoms with Gasteiger partial charge in [-0.1, -0.05) is 33.1 Å². The molecule has 1 N–H and O–H groups in total. The fourth-order valence-electron chi connectivity index (χ4n) is 2.84. The van der Waals surface area contributed by atoms with Crippen molar-refractivity contribution in [3.05, 3.63) is 4.77 Å². The summed E-state index contributed by atoms with van der Waals surface area (Å²) in [7, 11) is 2.12. The summed E-state index contributed by atoms with van der Waals surface area (Å²) < 4.78 is 3.01. The van der Waals surface area contributed by atoms with Crippen molar-refractivity contribution in [3.8, 4) is 0 Å². The van der Waals surface area contributed by atoms with Crippen molar-refractivity contribution in [2.75, 3.05) is 11.9 Å². The van der Waals surface area contributed by atoms with Gasteiger partial charge in [-0.15, -0.1) is 5.10 Å². The number of H-pyrrole nitrogens is 1. The van der Waals surface area contributed by atoms with Crippen molar-refractivity contribution < 1.29 is 0 Å². The van der Waals surface area contributed by atoms with Crippen LogP contribution in [0.3, 0.4) is 0 Å². The second-order valence-corrected chi connectivity index (χ2v) is 6.47. The molecule has 0 bridgehead atoms. The minimum atomic E-state index is 0.451. The van der Waals surface area contributed by atoms with Gasteiger partial charge >= 0.3 is 0 Å². The summed E-state index contributed by atoms with van der Waals surface area (Å²) in [5.41, 5.74) is 0. The van der Waals surface area contributed by atoms with Gasteiger partial charge in [-0.2, -0.15) is 0 Å². The van der Waals surface area contributed by atoms with Crippen molar-refractivity contribution in [3.63, 3.8) is 0 Å². The zero-order valence-electron chi connectivity index (χ0n) is 12.5. The Kier molecular flexibility index (Phi) is 4.66. The molecule has 4 nitrogen and oxygen atoms in total. The van der Waals surface area contributed by atoms with E-state index in [1.54, 1.807) is 0 Å². The van der Waals surface area contributed by atoms with Crippen molar-refractivity contribution in [1.29, 1.82) is 0 Å². The normalized spacial score (nSPS) is 18.8. The quantitative estimate of drug-likeness (QED) is 0.850. The van der Waals surface area contributed by atoms with E-state index in [0.717, 1.165) is 10.7 Å². The van der Waals surface area contributed by atoms with Crippen LogP contribution < -0.4 is 4.90 Å². The van der Waals surface area contributed by atoms with Crippen LogP contribution in [0.25, 0.3) is 0 Å². The van der Waals surface area contributed by atoms with Gasteiger partial charge in [0.2, 0.25) is 5.95 Å². The van der Waals surface area contributed by atoms with E-state index in [0.29, 0.717) is 18.0 Å². The molecule has 1 fully saturated rings. The van der Waals surface area contributed by atoms with Gasteiger partial charge in [-0.05, 0) is 37.9 Å². The molecule has 0 aliphatic heterocycles. The minimum absolute atomic E-state index is 0.451. The maximum absolute atomic E-state index is 5.44. The van der Waals surface area contributed by atoms with Crippen LogP contribution in [0.4, 0.5) is 5.95 Å². The molecule has 0 amide bonds. The zero-order chi connectivity index (χ0) is 14.0. The van der Waals surface area contributed by atoms with E-state index in [9.17, 15) is 0 Å². The van der Waals surface area contributed by atoms with Crippen LogP contribution in [-0.4, -0.2) is 27.9 Å². The number of aromatic amines is 1. The Morgan fingerprint density at radius 3 is 2.47 bits per heavy atom. The standard InChI is InChI=1S/C14H26N4S/c1-10(2)11(3)17(4)13-15-16-14(19)18(13)12-8-6-5-7-9-12/h10-12H,5-9H2,1-4H3,(H,16,19). The van der Waals surface area contributed by atoms with Gasteiger partial charge < -0.3 is 4.90 Å². The molecule has 2 rings (SSSR count). The third-order valence-corrected chi connectivity index (χ3v) is 4.80. The average Bonchev–Trinajstić information content (AvgIpc) is 2.79. The van der Waals surface area contributed by atoms with Crippen LogP contribution in [0.2, 0.25) is 0 Å². The van der Waals surface area contributed by atoms with E-state index in [4.69, 9.17) is 12.2 Å². The molecule has 1 aromatic rings. The van der Waals surface area contributed by atoms with Crippen LogP contribution in [0.15, 0.2) is 0 Å². The lowest BCUT2D eigenvalue weighted by Gasteiger charge is -2.31. The largest absolute Gasteiger partial charge is 0.341 e. The SMILES string of the molecule is CC(C)C(C)N(C)c1n[nH]c(=S)n1C1CCCCC1.